The Morgan fingerprint density at radius 2 is 2.06 bits per heavy atom. The minimum absolute atomic E-state index is 0.0966. The van der Waals surface area contributed by atoms with Gasteiger partial charge in [-0.1, -0.05) is 17.7 Å². The smallest absolute Gasteiger partial charge is 0.129 e. The summed E-state index contributed by atoms with van der Waals surface area (Å²) in [4.78, 5) is 2.09. The number of hydrogen-bond donors (Lipinski definition) is 1. The summed E-state index contributed by atoms with van der Waals surface area (Å²) in [5.74, 6) is -0.335. The lowest BCUT2D eigenvalue weighted by Crippen LogP contribution is -2.29. The molecule has 0 amide bonds. The van der Waals surface area contributed by atoms with Crippen LogP contribution in [0.5, 0.6) is 0 Å². The van der Waals surface area contributed by atoms with E-state index in [1.54, 1.807) is 12.1 Å². The molecule has 1 aromatic carbocycles. The van der Waals surface area contributed by atoms with Gasteiger partial charge in [-0.25, -0.2) is 4.39 Å². The number of aliphatic hydroxyl groups excluding tert-OH is 1. The van der Waals surface area contributed by atoms with Gasteiger partial charge in [-0.05, 0) is 38.1 Å². The topological polar surface area (TPSA) is 23.5 Å². The fourth-order valence-corrected chi connectivity index (χ4v) is 2.56. The molecule has 1 aromatic rings. The fraction of sp³-hybridized carbons (Fsp3) is 0.500. The predicted molar refractivity (Wildman–Crippen MR) is 62.0 cm³/mol. The highest BCUT2D eigenvalue weighted by Gasteiger charge is 2.26. The number of hydrogen-bond acceptors (Lipinski definition) is 2. The average Bonchev–Trinajstić information content (AvgIpc) is 2.77. The molecule has 1 heterocycles. The monoisotopic (exact) mass is 243 g/mol. The van der Waals surface area contributed by atoms with Gasteiger partial charge in [-0.15, -0.1) is 0 Å². The number of halogens is 2. The molecule has 0 aromatic heterocycles. The normalized spacial score (nSPS) is 18.9. The molecule has 0 aliphatic carbocycles. The highest BCUT2D eigenvalue weighted by atomic mass is 35.5. The summed E-state index contributed by atoms with van der Waals surface area (Å²) in [6.45, 7) is 1.70. The number of rotatable bonds is 3. The van der Waals surface area contributed by atoms with Crippen LogP contribution in [0.1, 0.15) is 24.4 Å². The van der Waals surface area contributed by atoms with Crippen LogP contribution in [-0.4, -0.2) is 29.7 Å². The molecule has 1 saturated heterocycles. The summed E-state index contributed by atoms with van der Waals surface area (Å²) in [6.07, 6.45) is 2.20. The molecule has 1 fully saturated rings. The van der Waals surface area contributed by atoms with Crippen LogP contribution in [0.4, 0.5) is 4.39 Å². The molecular formula is C12H15ClFNO. The van der Waals surface area contributed by atoms with Gasteiger partial charge in [-0.3, -0.25) is 4.90 Å². The van der Waals surface area contributed by atoms with Gasteiger partial charge in [0.05, 0.1) is 12.6 Å². The number of likely N-dealkylation sites (tertiary alicyclic amines) is 1. The molecule has 2 rings (SSSR count). The van der Waals surface area contributed by atoms with Crippen molar-refractivity contribution in [2.75, 3.05) is 19.7 Å². The summed E-state index contributed by atoms with van der Waals surface area (Å²) in [7, 11) is 0. The predicted octanol–water partition coefficient (Wildman–Crippen LogP) is 2.61. The third-order valence-corrected chi connectivity index (χ3v) is 3.42. The summed E-state index contributed by atoms with van der Waals surface area (Å²) < 4.78 is 13.7. The van der Waals surface area contributed by atoms with Crippen molar-refractivity contribution in [3.63, 3.8) is 0 Å². The van der Waals surface area contributed by atoms with Gasteiger partial charge in [0.1, 0.15) is 5.82 Å². The number of benzene rings is 1. The zero-order valence-electron chi connectivity index (χ0n) is 9.00. The van der Waals surface area contributed by atoms with Crippen molar-refractivity contribution in [1.82, 2.24) is 4.90 Å². The van der Waals surface area contributed by atoms with E-state index in [2.05, 4.69) is 4.90 Å². The van der Waals surface area contributed by atoms with E-state index < -0.39 is 0 Å². The highest BCUT2D eigenvalue weighted by Crippen LogP contribution is 2.31. The van der Waals surface area contributed by atoms with Crippen molar-refractivity contribution in [3.8, 4) is 0 Å². The largest absolute Gasteiger partial charge is 0.394 e. The van der Waals surface area contributed by atoms with Gasteiger partial charge in [0.2, 0.25) is 0 Å². The maximum absolute atomic E-state index is 13.7. The van der Waals surface area contributed by atoms with Gasteiger partial charge in [0, 0.05) is 10.6 Å². The Hall–Kier alpha value is -0.640. The second-order valence-electron chi connectivity index (χ2n) is 4.08. The second kappa shape index (κ2) is 5.13. The Morgan fingerprint density at radius 1 is 1.38 bits per heavy atom. The SMILES string of the molecule is OCC(c1c(F)cccc1Cl)N1CCCC1. The van der Waals surface area contributed by atoms with Crippen LogP contribution in [0.2, 0.25) is 5.02 Å². The lowest BCUT2D eigenvalue weighted by atomic mass is 10.1. The van der Waals surface area contributed by atoms with Crippen LogP contribution < -0.4 is 0 Å². The van der Waals surface area contributed by atoms with Crippen molar-refractivity contribution in [2.24, 2.45) is 0 Å². The molecule has 0 saturated carbocycles. The van der Waals surface area contributed by atoms with Crippen molar-refractivity contribution in [3.05, 3.63) is 34.6 Å². The first-order valence-corrected chi connectivity index (χ1v) is 5.90. The number of nitrogens with zero attached hydrogens (tertiary/aromatic N) is 1. The van der Waals surface area contributed by atoms with Crippen molar-refractivity contribution < 1.29 is 9.50 Å². The van der Waals surface area contributed by atoms with Crippen LogP contribution in [-0.2, 0) is 0 Å². The van der Waals surface area contributed by atoms with Gasteiger partial charge in [-0.2, -0.15) is 0 Å². The van der Waals surface area contributed by atoms with Crippen LogP contribution >= 0.6 is 11.6 Å². The first-order valence-electron chi connectivity index (χ1n) is 5.53. The molecule has 1 N–H and O–H groups in total. The van der Waals surface area contributed by atoms with Crippen LogP contribution in [0.15, 0.2) is 18.2 Å². The molecule has 16 heavy (non-hydrogen) atoms. The van der Waals surface area contributed by atoms with E-state index in [1.807, 2.05) is 0 Å². The van der Waals surface area contributed by atoms with E-state index in [9.17, 15) is 9.50 Å². The Labute approximate surface area is 99.6 Å². The van der Waals surface area contributed by atoms with Crippen LogP contribution in [0.3, 0.4) is 0 Å². The molecule has 1 unspecified atom stereocenters. The van der Waals surface area contributed by atoms with Crippen molar-refractivity contribution in [2.45, 2.75) is 18.9 Å². The fourth-order valence-electron chi connectivity index (χ4n) is 2.27. The standard InChI is InChI=1S/C12H15ClFNO/c13-9-4-3-5-10(14)12(9)11(8-16)15-6-1-2-7-15/h3-5,11,16H,1-2,6-8H2. The Balaban J connectivity index is 2.32. The first kappa shape index (κ1) is 11.8. The van der Waals surface area contributed by atoms with Gasteiger partial charge >= 0.3 is 0 Å². The van der Waals surface area contributed by atoms with Crippen molar-refractivity contribution in [1.29, 1.82) is 0 Å². The molecule has 0 radical (unpaired) electrons. The van der Waals surface area contributed by atoms with Gasteiger partial charge < -0.3 is 5.11 Å². The van der Waals surface area contributed by atoms with Crippen LogP contribution in [0.25, 0.3) is 0 Å². The van der Waals surface area contributed by atoms with E-state index in [1.165, 1.54) is 6.07 Å². The third kappa shape index (κ3) is 2.21. The van der Waals surface area contributed by atoms with Gasteiger partial charge in [0.25, 0.3) is 0 Å². The minimum Gasteiger partial charge on any atom is -0.394 e. The molecule has 0 bridgehead atoms. The molecule has 2 nitrogen and oxygen atoms in total. The van der Waals surface area contributed by atoms with E-state index in [0.717, 1.165) is 25.9 Å². The van der Waals surface area contributed by atoms with E-state index >= 15 is 0 Å². The minimum atomic E-state index is -0.335. The zero-order valence-corrected chi connectivity index (χ0v) is 9.75. The van der Waals surface area contributed by atoms with E-state index in [4.69, 9.17) is 11.6 Å². The summed E-state index contributed by atoms with van der Waals surface area (Å²) in [5.41, 5.74) is 0.425. The molecule has 1 atom stereocenters. The molecule has 88 valence electrons. The van der Waals surface area contributed by atoms with Crippen molar-refractivity contribution >= 4 is 11.6 Å². The average molecular weight is 244 g/mol. The third-order valence-electron chi connectivity index (χ3n) is 3.09. The molecule has 1 aliphatic heterocycles. The van der Waals surface area contributed by atoms with Gasteiger partial charge in [0.15, 0.2) is 0 Å². The molecule has 0 spiro atoms. The summed E-state index contributed by atoms with van der Waals surface area (Å²) >= 11 is 6.00. The maximum Gasteiger partial charge on any atom is 0.129 e. The van der Waals surface area contributed by atoms with Crippen LogP contribution in [0, 0.1) is 5.82 Å². The zero-order chi connectivity index (χ0) is 11.5. The Kier molecular flexibility index (Phi) is 3.79. The second-order valence-corrected chi connectivity index (χ2v) is 4.48. The quantitative estimate of drug-likeness (QED) is 0.882. The van der Waals surface area contributed by atoms with E-state index in [0.29, 0.717) is 10.6 Å². The molecule has 1 aliphatic rings. The number of aliphatic hydroxyl groups is 1. The summed E-state index contributed by atoms with van der Waals surface area (Å²) in [5, 5.41) is 9.82. The lowest BCUT2D eigenvalue weighted by Gasteiger charge is -2.27. The summed E-state index contributed by atoms with van der Waals surface area (Å²) in [6, 6.07) is 4.33. The molecule has 4 heteroatoms. The Bertz CT molecular complexity index is 346. The first-order chi connectivity index (χ1) is 7.74. The van der Waals surface area contributed by atoms with E-state index in [-0.39, 0.29) is 18.5 Å². The maximum atomic E-state index is 13.7. The Morgan fingerprint density at radius 3 is 2.62 bits per heavy atom. The highest BCUT2D eigenvalue weighted by molar-refractivity contribution is 6.31. The lowest BCUT2D eigenvalue weighted by molar-refractivity contribution is 0.144. The molecular weight excluding hydrogens is 229 g/mol.